The van der Waals surface area contributed by atoms with Crippen LogP contribution >= 0.6 is 11.3 Å². The SMILES string of the molecule is CC(c1ccsc1)n1cncc1CCN. The maximum Gasteiger partial charge on any atom is 0.0953 e. The van der Waals surface area contributed by atoms with Crippen molar-refractivity contribution in [1.29, 1.82) is 0 Å². The van der Waals surface area contributed by atoms with E-state index in [1.807, 2.05) is 12.5 Å². The molecule has 0 bridgehead atoms. The van der Waals surface area contributed by atoms with Gasteiger partial charge in [-0.3, -0.25) is 0 Å². The Bertz CT molecular complexity index is 405. The minimum atomic E-state index is 0.347. The first-order valence-electron chi connectivity index (χ1n) is 5.05. The predicted octanol–water partition coefficient (Wildman–Crippen LogP) is 2.06. The number of hydrogen-bond acceptors (Lipinski definition) is 3. The highest BCUT2D eigenvalue weighted by atomic mass is 32.1. The lowest BCUT2D eigenvalue weighted by Gasteiger charge is -2.15. The van der Waals surface area contributed by atoms with E-state index in [1.54, 1.807) is 11.3 Å². The van der Waals surface area contributed by atoms with Gasteiger partial charge in [-0.2, -0.15) is 11.3 Å². The fraction of sp³-hybridized carbons (Fsp3) is 0.364. The Morgan fingerprint density at radius 3 is 3.13 bits per heavy atom. The summed E-state index contributed by atoms with van der Waals surface area (Å²) in [6, 6.07) is 2.50. The largest absolute Gasteiger partial charge is 0.330 e. The van der Waals surface area contributed by atoms with E-state index in [4.69, 9.17) is 5.73 Å². The van der Waals surface area contributed by atoms with Gasteiger partial charge in [0, 0.05) is 18.3 Å². The van der Waals surface area contributed by atoms with Crippen LogP contribution in [0.3, 0.4) is 0 Å². The predicted molar refractivity (Wildman–Crippen MR) is 63.1 cm³/mol. The van der Waals surface area contributed by atoms with Crippen LogP contribution in [0.25, 0.3) is 0 Å². The maximum absolute atomic E-state index is 5.57. The van der Waals surface area contributed by atoms with Gasteiger partial charge in [-0.05, 0) is 35.9 Å². The van der Waals surface area contributed by atoms with Gasteiger partial charge >= 0.3 is 0 Å². The zero-order chi connectivity index (χ0) is 10.7. The van der Waals surface area contributed by atoms with Gasteiger partial charge in [0.1, 0.15) is 0 Å². The molecule has 0 spiro atoms. The second kappa shape index (κ2) is 4.59. The minimum absolute atomic E-state index is 0.347. The van der Waals surface area contributed by atoms with Crippen LogP contribution < -0.4 is 5.73 Å². The highest BCUT2D eigenvalue weighted by Gasteiger charge is 2.11. The highest BCUT2D eigenvalue weighted by molar-refractivity contribution is 7.07. The number of imidazole rings is 1. The molecule has 80 valence electrons. The van der Waals surface area contributed by atoms with E-state index in [-0.39, 0.29) is 0 Å². The van der Waals surface area contributed by atoms with Crippen molar-refractivity contribution in [2.45, 2.75) is 19.4 Å². The smallest absolute Gasteiger partial charge is 0.0953 e. The summed E-state index contributed by atoms with van der Waals surface area (Å²) >= 11 is 1.73. The van der Waals surface area contributed by atoms with Gasteiger partial charge in [0.25, 0.3) is 0 Å². The number of aromatic nitrogens is 2. The van der Waals surface area contributed by atoms with Crippen LogP contribution in [0.2, 0.25) is 0 Å². The summed E-state index contributed by atoms with van der Waals surface area (Å²) in [6.07, 6.45) is 4.66. The van der Waals surface area contributed by atoms with E-state index in [2.05, 4.69) is 33.3 Å². The molecule has 0 aromatic carbocycles. The maximum atomic E-state index is 5.57. The fourth-order valence-electron chi connectivity index (χ4n) is 1.70. The van der Waals surface area contributed by atoms with Crippen LogP contribution in [-0.2, 0) is 6.42 Å². The van der Waals surface area contributed by atoms with Crippen LogP contribution in [0.1, 0.15) is 24.2 Å². The zero-order valence-electron chi connectivity index (χ0n) is 8.76. The molecule has 0 aliphatic heterocycles. The quantitative estimate of drug-likeness (QED) is 0.858. The molecule has 0 radical (unpaired) electrons. The molecule has 4 heteroatoms. The van der Waals surface area contributed by atoms with Gasteiger partial charge in [-0.25, -0.2) is 4.98 Å². The van der Waals surface area contributed by atoms with Crippen LogP contribution in [0, 0.1) is 0 Å². The monoisotopic (exact) mass is 221 g/mol. The Morgan fingerprint density at radius 1 is 1.60 bits per heavy atom. The first-order valence-corrected chi connectivity index (χ1v) is 6.00. The molecule has 0 fully saturated rings. The second-order valence-corrected chi connectivity index (χ2v) is 4.34. The molecule has 0 aliphatic carbocycles. The van der Waals surface area contributed by atoms with Gasteiger partial charge < -0.3 is 10.3 Å². The Hall–Kier alpha value is -1.13. The minimum Gasteiger partial charge on any atom is -0.330 e. The first-order chi connectivity index (χ1) is 7.33. The Balaban J connectivity index is 2.25. The van der Waals surface area contributed by atoms with Crippen molar-refractivity contribution in [3.63, 3.8) is 0 Å². The zero-order valence-corrected chi connectivity index (χ0v) is 9.57. The van der Waals surface area contributed by atoms with Crippen molar-refractivity contribution in [2.75, 3.05) is 6.54 Å². The lowest BCUT2D eigenvalue weighted by atomic mass is 10.1. The molecule has 2 aromatic heterocycles. The van der Waals surface area contributed by atoms with E-state index in [0.717, 1.165) is 6.42 Å². The van der Waals surface area contributed by atoms with Crippen molar-refractivity contribution in [3.8, 4) is 0 Å². The van der Waals surface area contributed by atoms with Crippen molar-refractivity contribution in [1.82, 2.24) is 9.55 Å². The third kappa shape index (κ3) is 2.11. The van der Waals surface area contributed by atoms with E-state index in [9.17, 15) is 0 Å². The third-order valence-corrected chi connectivity index (χ3v) is 3.29. The molecule has 2 rings (SSSR count). The standard InChI is InChI=1S/C11H15N3S/c1-9(10-3-5-15-7-10)14-8-13-6-11(14)2-4-12/h3,5-9H,2,4,12H2,1H3. The molecule has 2 aromatic rings. The summed E-state index contributed by atoms with van der Waals surface area (Å²) in [5, 5.41) is 4.28. The molecule has 3 nitrogen and oxygen atoms in total. The lowest BCUT2D eigenvalue weighted by Crippen LogP contribution is -2.12. The topological polar surface area (TPSA) is 43.8 Å². The number of nitrogens with zero attached hydrogens (tertiary/aromatic N) is 2. The molecule has 0 amide bonds. The molecule has 0 saturated carbocycles. The van der Waals surface area contributed by atoms with Gasteiger partial charge in [0.15, 0.2) is 0 Å². The van der Waals surface area contributed by atoms with Crippen molar-refractivity contribution in [2.24, 2.45) is 5.73 Å². The molecule has 1 atom stereocenters. The van der Waals surface area contributed by atoms with Crippen LogP contribution in [-0.4, -0.2) is 16.1 Å². The Labute approximate surface area is 93.6 Å². The summed E-state index contributed by atoms with van der Waals surface area (Å²) in [7, 11) is 0. The molecule has 2 N–H and O–H groups in total. The molecular weight excluding hydrogens is 206 g/mol. The molecular formula is C11H15N3S. The summed E-state index contributed by atoms with van der Waals surface area (Å²) in [5.41, 5.74) is 8.10. The Kier molecular flexibility index (Phi) is 3.18. The van der Waals surface area contributed by atoms with Gasteiger partial charge in [0.2, 0.25) is 0 Å². The van der Waals surface area contributed by atoms with Gasteiger partial charge in [-0.1, -0.05) is 0 Å². The second-order valence-electron chi connectivity index (χ2n) is 3.56. The van der Waals surface area contributed by atoms with Crippen molar-refractivity contribution in [3.05, 3.63) is 40.6 Å². The van der Waals surface area contributed by atoms with Crippen LogP contribution in [0.15, 0.2) is 29.4 Å². The molecule has 0 aliphatic rings. The van der Waals surface area contributed by atoms with E-state index in [1.165, 1.54) is 11.3 Å². The highest BCUT2D eigenvalue weighted by Crippen LogP contribution is 2.21. The van der Waals surface area contributed by atoms with Crippen LogP contribution in [0.4, 0.5) is 0 Å². The van der Waals surface area contributed by atoms with E-state index >= 15 is 0 Å². The Morgan fingerprint density at radius 2 is 2.47 bits per heavy atom. The number of nitrogens with two attached hydrogens (primary N) is 1. The third-order valence-electron chi connectivity index (χ3n) is 2.59. The fourth-order valence-corrected chi connectivity index (χ4v) is 2.44. The first kappa shape index (κ1) is 10.4. The average molecular weight is 221 g/mol. The number of hydrogen-bond donors (Lipinski definition) is 1. The average Bonchev–Trinajstić information content (AvgIpc) is 2.87. The van der Waals surface area contributed by atoms with Crippen LogP contribution in [0.5, 0.6) is 0 Å². The van der Waals surface area contributed by atoms with E-state index in [0.29, 0.717) is 12.6 Å². The summed E-state index contributed by atoms with van der Waals surface area (Å²) in [5.74, 6) is 0. The van der Waals surface area contributed by atoms with Gasteiger partial charge in [-0.15, -0.1) is 0 Å². The van der Waals surface area contributed by atoms with Crippen molar-refractivity contribution < 1.29 is 0 Å². The molecule has 2 heterocycles. The van der Waals surface area contributed by atoms with Crippen molar-refractivity contribution >= 4 is 11.3 Å². The lowest BCUT2D eigenvalue weighted by molar-refractivity contribution is 0.609. The normalized spacial score (nSPS) is 12.9. The molecule has 1 unspecified atom stereocenters. The summed E-state index contributed by atoms with van der Waals surface area (Å²) in [6.45, 7) is 2.85. The molecule has 15 heavy (non-hydrogen) atoms. The van der Waals surface area contributed by atoms with E-state index < -0.39 is 0 Å². The van der Waals surface area contributed by atoms with Gasteiger partial charge in [0.05, 0.1) is 12.4 Å². The number of thiophene rings is 1. The number of rotatable bonds is 4. The summed E-state index contributed by atoms with van der Waals surface area (Å²) < 4.78 is 2.19. The summed E-state index contributed by atoms with van der Waals surface area (Å²) in [4.78, 5) is 4.18. The molecule has 0 saturated heterocycles.